The fourth-order valence-corrected chi connectivity index (χ4v) is 3.41. The Morgan fingerprint density at radius 2 is 1.73 bits per heavy atom. The molecule has 1 fully saturated rings. The predicted octanol–water partition coefficient (Wildman–Crippen LogP) is 2.85. The van der Waals surface area contributed by atoms with Crippen molar-refractivity contribution >= 4 is 43.6 Å². The SMILES string of the molecule is O=C(Nc1cccc(C(=O)NS(=O)(=O)c2ccc(Br)cc2)c1)NC1CC1. The van der Waals surface area contributed by atoms with E-state index in [4.69, 9.17) is 0 Å². The van der Waals surface area contributed by atoms with Gasteiger partial charge < -0.3 is 10.6 Å². The van der Waals surface area contributed by atoms with E-state index in [1.54, 1.807) is 24.3 Å². The number of carbonyl (C=O) groups excluding carboxylic acids is 2. The molecule has 3 rings (SSSR count). The smallest absolute Gasteiger partial charge is 0.319 e. The number of nitrogens with one attached hydrogen (secondary N) is 3. The van der Waals surface area contributed by atoms with Crippen LogP contribution in [0.2, 0.25) is 0 Å². The Morgan fingerprint density at radius 1 is 1.04 bits per heavy atom. The molecule has 0 bridgehead atoms. The number of halogens is 1. The predicted molar refractivity (Wildman–Crippen MR) is 100 cm³/mol. The summed E-state index contributed by atoms with van der Waals surface area (Å²) in [5.41, 5.74) is 0.520. The standard InChI is InChI=1S/C17H16BrN3O4S/c18-12-4-8-15(9-5-12)26(24,25)21-16(22)11-2-1-3-14(10-11)20-17(23)19-13-6-7-13/h1-5,8-10,13H,6-7H2,(H,21,22)(H2,19,20,23). The third kappa shape index (κ3) is 4.83. The van der Waals surface area contributed by atoms with E-state index in [9.17, 15) is 18.0 Å². The van der Waals surface area contributed by atoms with Gasteiger partial charge >= 0.3 is 6.03 Å². The molecule has 3 N–H and O–H groups in total. The first-order valence-electron chi connectivity index (χ1n) is 7.84. The molecular weight excluding hydrogens is 422 g/mol. The number of sulfonamides is 1. The van der Waals surface area contributed by atoms with Gasteiger partial charge in [-0.3, -0.25) is 4.79 Å². The Balaban J connectivity index is 1.69. The van der Waals surface area contributed by atoms with Gasteiger partial charge in [0.25, 0.3) is 15.9 Å². The lowest BCUT2D eigenvalue weighted by atomic mass is 10.2. The highest BCUT2D eigenvalue weighted by Gasteiger charge is 2.23. The van der Waals surface area contributed by atoms with Gasteiger partial charge in [0.15, 0.2) is 0 Å². The molecule has 1 aliphatic carbocycles. The van der Waals surface area contributed by atoms with Crippen molar-refractivity contribution in [3.05, 3.63) is 58.6 Å². The van der Waals surface area contributed by atoms with Crippen molar-refractivity contribution in [1.29, 1.82) is 0 Å². The molecule has 7 nitrogen and oxygen atoms in total. The number of rotatable bonds is 5. The number of benzene rings is 2. The highest BCUT2D eigenvalue weighted by Crippen LogP contribution is 2.19. The molecule has 0 aromatic heterocycles. The molecule has 2 aromatic rings. The number of carbonyl (C=O) groups is 2. The van der Waals surface area contributed by atoms with Crippen LogP contribution in [0.5, 0.6) is 0 Å². The Morgan fingerprint density at radius 3 is 2.38 bits per heavy atom. The maximum absolute atomic E-state index is 12.3. The molecule has 26 heavy (non-hydrogen) atoms. The Kier molecular flexibility index (Phi) is 5.28. The van der Waals surface area contributed by atoms with Crippen molar-refractivity contribution in [2.45, 2.75) is 23.8 Å². The average Bonchev–Trinajstić information content (AvgIpc) is 3.39. The summed E-state index contributed by atoms with van der Waals surface area (Å²) in [5.74, 6) is -0.779. The molecule has 0 unspecified atom stereocenters. The molecule has 2 aromatic carbocycles. The normalized spacial score (nSPS) is 13.7. The molecule has 1 saturated carbocycles. The van der Waals surface area contributed by atoms with E-state index in [-0.39, 0.29) is 22.5 Å². The lowest BCUT2D eigenvalue weighted by Gasteiger charge is -2.10. The Bertz CT molecular complexity index is 941. The van der Waals surface area contributed by atoms with Crippen LogP contribution in [-0.4, -0.2) is 26.4 Å². The van der Waals surface area contributed by atoms with E-state index in [2.05, 4.69) is 26.6 Å². The molecule has 0 saturated heterocycles. The molecule has 0 spiro atoms. The first-order valence-corrected chi connectivity index (χ1v) is 10.1. The van der Waals surface area contributed by atoms with E-state index in [0.717, 1.165) is 17.3 Å². The Labute approximate surface area is 159 Å². The summed E-state index contributed by atoms with van der Waals surface area (Å²) in [6, 6.07) is 11.8. The van der Waals surface area contributed by atoms with Crippen LogP contribution in [-0.2, 0) is 10.0 Å². The van der Waals surface area contributed by atoms with Crippen LogP contribution in [0.25, 0.3) is 0 Å². The lowest BCUT2D eigenvalue weighted by Crippen LogP contribution is -2.31. The van der Waals surface area contributed by atoms with Crippen molar-refractivity contribution in [2.24, 2.45) is 0 Å². The average molecular weight is 438 g/mol. The fourth-order valence-electron chi connectivity index (χ4n) is 2.17. The molecule has 0 radical (unpaired) electrons. The highest BCUT2D eigenvalue weighted by molar-refractivity contribution is 9.10. The monoisotopic (exact) mass is 437 g/mol. The molecule has 3 amide bonds. The molecule has 0 aliphatic heterocycles. The van der Waals surface area contributed by atoms with E-state index in [1.165, 1.54) is 24.3 Å². The van der Waals surface area contributed by atoms with E-state index in [1.807, 2.05) is 4.72 Å². The van der Waals surface area contributed by atoms with Crippen molar-refractivity contribution in [1.82, 2.24) is 10.0 Å². The summed E-state index contributed by atoms with van der Waals surface area (Å²) in [6.07, 6.45) is 1.92. The second kappa shape index (κ2) is 7.46. The van der Waals surface area contributed by atoms with Gasteiger partial charge in [-0.05, 0) is 55.3 Å². The minimum Gasteiger partial charge on any atom is -0.335 e. The summed E-state index contributed by atoms with van der Waals surface area (Å²) in [4.78, 5) is 24.0. The zero-order valence-electron chi connectivity index (χ0n) is 13.5. The number of amides is 3. The van der Waals surface area contributed by atoms with Crippen LogP contribution in [0.1, 0.15) is 23.2 Å². The maximum atomic E-state index is 12.3. The van der Waals surface area contributed by atoms with Gasteiger partial charge in [-0.1, -0.05) is 22.0 Å². The van der Waals surface area contributed by atoms with Gasteiger partial charge in [-0.25, -0.2) is 17.9 Å². The zero-order chi connectivity index (χ0) is 18.7. The summed E-state index contributed by atoms with van der Waals surface area (Å²) < 4.78 is 27.3. The van der Waals surface area contributed by atoms with Crippen LogP contribution in [0.3, 0.4) is 0 Å². The third-order valence-corrected chi connectivity index (χ3v) is 5.52. The molecule has 0 atom stereocenters. The minimum atomic E-state index is -3.99. The quantitative estimate of drug-likeness (QED) is 0.668. The topological polar surface area (TPSA) is 104 Å². The van der Waals surface area contributed by atoms with Crippen LogP contribution in [0, 0.1) is 0 Å². The second-order valence-electron chi connectivity index (χ2n) is 5.84. The van der Waals surface area contributed by atoms with Crippen LogP contribution < -0.4 is 15.4 Å². The summed E-state index contributed by atoms with van der Waals surface area (Å²) >= 11 is 3.22. The maximum Gasteiger partial charge on any atom is 0.319 e. The minimum absolute atomic E-state index is 0.0212. The van der Waals surface area contributed by atoms with Crippen LogP contribution in [0.15, 0.2) is 57.9 Å². The van der Waals surface area contributed by atoms with Gasteiger partial charge in [0.05, 0.1) is 4.90 Å². The lowest BCUT2D eigenvalue weighted by molar-refractivity contribution is 0.0981. The van der Waals surface area contributed by atoms with Crippen molar-refractivity contribution in [3.8, 4) is 0 Å². The van der Waals surface area contributed by atoms with Gasteiger partial charge in [-0.2, -0.15) is 0 Å². The molecule has 0 heterocycles. The second-order valence-corrected chi connectivity index (χ2v) is 8.44. The van der Waals surface area contributed by atoms with Crippen molar-refractivity contribution in [3.63, 3.8) is 0 Å². The van der Waals surface area contributed by atoms with E-state index >= 15 is 0 Å². The Hall–Kier alpha value is -2.39. The summed E-state index contributed by atoms with van der Waals surface area (Å²) in [5, 5.41) is 5.39. The fraction of sp³-hybridized carbons (Fsp3) is 0.176. The molecule has 9 heteroatoms. The molecule has 1 aliphatic rings. The van der Waals surface area contributed by atoms with Crippen LogP contribution in [0.4, 0.5) is 10.5 Å². The van der Waals surface area contributed by atoms with Crippen LogP contribution >= 0.6 is 15.9 Å². The number of hydrogen-bond donors (Lipinski definition) is 3. The first kappa shape index (κ1) is 18.4. The first-order chi connectivity index (χ1) is 12.3. The summed E-state index contributed by atoms with van der Waals surface area (Å²) in [7, 11) is -3.99. The summed E-state index contributed by atoms with van der Waals surface area (Å²) in [6.45, 7) is 0. The van der Waals surface area contributed by atoms with E-state index < -0.39 is 15.9 Å². The van der Waals surface area contributed by atoms with Gasteiger partial charge in [0.1, 0.15) is 0 Å². The number of anilines is 1. The highest BCUT2D eigenvalue weighted by atomic mass is 79.9. The zero-order valence-corrected chi connectivity index (χ0v) is 15.9. The van der Waals surface area contributed by atoms with Gasteiger partial charge in [0, 0.05) is 21.8 Å². The number of hydrogen-bond acceptors (Lipinski definition) is 4. The molecular formula is C17H16BrN3O4S. The number of urea groups is 1. The van der Waals surface area contributed by atoms with Crippen molar-refractivity contribution in [2.75, 3.05) is 5.32 Å². The largest absolute Gasteiger partial charge is 0.335 e. The molecule has 136 valence electrons. The third-order valence-electron chi connectivity index (χ3n) is 3.65. The van der Waals surface area contributed by atoms with Gasteiger partial charge in [-0.15, -0.1) is 0 Å². The van der Waals surface area contributed by atoms with E-state index in [0.29, 0.717) is 5.69 Å². The van der Waals surface area contributed by atoms with Gasteiger partial charge in [0.2, 0.25) is 0 Å². The van der Waals surface area contributed by atoms with Crippen molar-refractivity contribution < 1.29 is 18.0 Å².